The molecule has 3 rings (SSSR count). The van der Waals surface area contributed by atoms with E-state index in [0.29, 0.717) is 0 Å². The van der Waals surface area contributed by atoms with Gasteiger partial charge in [-0.3, -0.25) is 4.79 Å². The highest BCUT2D eigenvalue weighted by atomic mass is 16.1. The number of aromatic nitrogens is 1. The van der Waals surface area contributed by atoms with Crippen LogP contribution in [0.2, 0.25) is 0 Å². The number of nitrogens with zero attached hydrogens (tertiary/aromatic N) is 2. The lowest BCUT2D eigenvalue weighted by molar-refractivity contribution is -0.117. The lowest BCUT2D eigenvalue weighted by atomic mass is 10.1. The van der Waals surface area contributed by atoms with Crippen molar-refractivity contribution in [2.75, 3.05) is 0 Å². The van der Waals surface area contributed by atoms with E-state index in [1.807, 2.05) is 57.2 Å². The van der Waals surface area contributed by atoms with Crippen molar-refractivity contribution in [2.45, 2.75) is 39.8 Å². The number of benzene rings is 2. The molecule has 0 bridgehead atoms. The zero-order valence-electron chi connectivity index (χ0n) is 16.6. The van der Waals surface area contributed by atoms with Gasteiger partial charge in [0.05, 0.1) is 0 Å². The first-order valence-corrected chi connectivity index (χ1v) is 9.59. The van der Waals surface area contributed by atoms with Gasteiger partial charge in [-0.05, 0) is 38.0 Å². The quantitative estimate of drug-likeness (QED) is 0.499. The van der Waals surface area contributed by atoms with Gasteiger partial charge in [0.2, 0.25) is 0 Å². The van der Waals surface area contributed by atoms with Crippen molar-refractivity contribution in [3.63, 3.8) is 0 Å². The molecular weight excluding hydrogens is 346 g/mol. The minimum absolute atomic E-state index is 0.0322. The Morgan fingerprint density at radius 3 is 2.54 bits per heavy atom. The minimum Gasteiger partial charge on any atom is -0.349 e. The van der Waals surface area contributed by atoms with E-state index in [0.717, 1.165) is 35.1 Å². The van der Waals surface area contributed by atoms with E-state index in [1.54, 1.807) is 6.08 Å². The van der Waals surface area contributed by atoms with Crippen molar-refractivity contribution in [2.24, 2.45) is 0 Å². The number of nitriles is 1. The number of carbonyl (C=O) groups is 1. The van der Waals surface area contributed by atoms with Crippen molar-refractivity contribution >= 4 is 22.9 Å². The Morgan fingerprint density at radius 1 is 1.18 bits per heavy atom. The Balaban J connectivity index is 2.07. The molecule has 1 heterocycles. The van der Waals surface area contributed by atoms with Gasteiger partial charge in [-0.1, -0.05) is 55.5 Å². The molecule has 1 atom stereocenters. The number of fused-ring (bicyclic) bond motifs is 1. The van der Waals surface area contributed by atoms with E-state index in [1.165, 1.54) is 5.56 Å². The zero-order chi connectivity index (χ0) is 20.1. The number of hydrogen-bond acceptors (Lipinski definition) is 2. The standard InChI is InChI=1S/C24H25N3O/c1-4-17(2)26-24(28)20(15-25)14-22-18(3)27(16-19-10-6-5-7-11-19)23-13-9-8-12-21(22)23/h5-14,17H,4,16H2,1-3H3,(H,26,28)/b20-14+/t17-/m1/s1. The molecule has 3 aromatic rings. The molecule has 1 N–H and O–H groups in total. The highest BCUT2D eigenvalue weighted by Gasteiger charge is 2.16. The summed E-state index contributed by atoms with van der Waals surface area (Å²) < 4.78 is 2.23. The van der Waals surface area contributed by atoms with Crippen molar-refractivity contribution in [3.05, 3.63) is 77.0 Å². The molecule has 0 spiro atoms. The van der Waals surface area contributed by atoms with E-state index in [2.05, 4.69) is 34.2 Å². The third-order valence-electron chi connectivity index (χ3n) is 5.11. The molecule has 0 radical (unpaired) electrons. The Labute approximate surface area is 166 Å². The smallest absolute Gasteiger partial charge is 0.262 e. The van der Waals surface area contributed by atoms with Crippen LogP contribution >= 0.6 is 0 Å². The first kappa shape index (κ1) is 19.4. The average Bonchev–Trinajstić information content (AvgIpc) is 2.98. The normalized spacial score (nSPS) is 12.6. The molecule has 0 unspecified atom stereocenters. The van der Waals surface area contributed by atoms with Crippen LogP contribution in [0.3, 0.4) is 0 Å². The first-order chi connectivity index (χ1) is 13.5. The van der Waals surface area contributed by atoms with Crippen molar-refractivity contribution in [1.82, 2.24) is 9.88 Å². The monoisotopic (exact) mass is 371 g/mol. The molecule has 142 valence electrons. The molecule has 0 saturated heterocycles. The van der Waals surface area contributed by atoms with Crippen LogP contribution < -0.4 is 5.32 Å². The topological polar surface area (TPSA) is 57.8 Å². The van der Waals surface area contributed by atoms with Gasteiger partial charge in [0.1, 0.15) is 11.6 Å². The maximum absolute atomic E-state index is 12.5. The molecule has 28 heavy (non-hydrogen) atoms. The van der Waals surface area contributed by atoms with E-state index in [-0.39, 0.29) is 17.5 Å². The van der Waals surface area contributed by atoms with E-state index in [9.17, 15) is 10.1 Å². The summed E-state index contributed by atoms with van der Waals surface area (Å²) in [6.07, 6.45) is 2.54. The Morgan fingerprint density at radius 2 is 1.86 bits per heavy atom. The maximum atomic E-state index is 12.5. The minimum atomic E-state index is -0.323. The van der Waals surface area contributed by atoms with Gasteiger partial charge in [0.15, 0.2) is 0 Å². The van der Waals surface area contributed by atoms with Crippen molar-refractivity contribution in [3.8, 4) is 6.07 Å². The molecule has 1 aromatic heterocycles. The van der Waals surface area contributed by atoms with Crippen molar-refractivity contribution in [1.29, 1.82) is 5.26 Å². The van der Waals surface area contributed by atoms with Gasteiger partial charge in [-0.2, -0.15) is 5.26 Å². The fourth-order valence-electron chi connectivity index (χ4n) is 3.31. The zero-order valence-corrected chi connectivity index (χ0v) is 16.6. The van der Waals surface area contributed by atoms with E-state index < -0.39 is 0 Å². The summed E-state index contributed by atoms with van der Waals surface area (Å²) in [6, 6.07) is 20.5. The van der Waals surface area contributed by atoms with E-state index in [4.69, 9.17) is 0 Å². The third kappa shape index (κ3) is 3.99. The van der Waals surface area contributed by atoms with Crippen molar-refractivity contribution < 1.29 is 4.79 Å². The summed E-state index contributed by atoms with van der Waals surface area (Å²) in [5.41, 5.74) is 4.38. The molecule has 4 nitrogen and oxygen atoms in total. The number of amides is 1. The predicted molar refractivity (Wildman–Crippen MR) is 114 cm³/mol. The summed E-state index contributed by atoms with van der Waals surface area (Å²) in [5.74, 6) is -0.323. The van der Waals surface area contributed by atoms with Crippen LogP contribution in [-0.2, 0) is 11.3 Å². The summed E-state index contributed by atoms with van der Waals surface area (Å²) >= 11 is 0. The van der Waals surface area contributed by atoms with Crippen LogP contribution in [0.1, 0.15) is 37.1 Å². The summed E-state index contributed by atoms with van der Waals surface area (Å²) in [7, 11) is 0. The molecule has 0 fully saturated rings. The lowest BCUT2D eigenvalue weighted by Gasteiger charge is -2.10. The summed E-state index contributed by atoms with van der Waals surface area (Å²) in [4.78, 5) is 12.5. The molecule has 0 saturated carbocycles. The van der Waals surface area contributed by atoms with Gasteiger partial charge in [0, 0.05) is 34.7 Å². The van der Waals surface area contributed by atoms with Gasteiger partial charge in [-0.25, -0.2) is 0 Å². The second-order valence-corrected chi connectivity index (χ2v) is 7.04. The SMILES string of the molecule is CC[C@@H](C)NC(=O)/C(C#N)=C/c1c(C)n(Cc2ccccc2)c2ccccc12. The average molecular weight is 371 g/mol. The fraction of sp³-hybridized carbons (Fsp3) is 0.250. The van der Waals surface area contributed by atoms with E-state index >= 15 is 0 Å². The molecule has 0 aliphatic heterocycles. The number of carbonyl (C=O) groups excluding carboxylic acids is 1. The highest BCUT2D eigenvalue weighted by molar-refractivity contribution is 6.04. The van der Waals surface area contributed by atoms with Crippen LogP contribution in [0, 0.1) is 18.3 Å². The van der Waals surface area contributed by atoms with Gasteiger partial charge in [-0.15, -0.1) is 0 Å². The molecule has 0 aliphatic rings. The molecular formula is C24H25N3O. The van der Waals surface area contributed by atoms with Crippen LogP contribution in [0.4, 0.5) is 0 Å². The van der Waals surface area contributed by atoms with Gasteiger partial charge in [0.25, 0.3) is 5.91 Å². The fourth-order valence-corrected chi connectivity index (χ4v) is 3.31. The largest absolute Gasteiger partial charge is 0.349 e. The number of hydrogen-bond donors (Lipinski definition) is 1. The van der Waals surface area contributed by atoms with Gasteiger partial charge >= 0.3 is 0 Å². The number of nitrogens with one attached hydrogen (secondary N) is 1. The second kappa shape index (κ2) is 8.58. The second-order valence-electron chi connectivity index (χ2n) is 7.04. The molecule has 0 aliphatic carbocycles. The van der Waals surface area contributed by atoms with Crippen LogP contribution in [0.5, 0.6) is 0 Å². The maximum Gasteiger partial charge on any atom is 0.262 e. The number of para-hydroxylation sites is 1. The van der Waals surface area contributed by atoms with Crippen LogP contribution in [-0.4, -0.2) is 16.5 Å². The summed E-state index contributed by atoms with van der Waals surface area (Å²) in [5, 5.41) is 13.5. The molecule has 1 amide bonds. The highest BCUT2D eigenvalue weighted by Crippen LogP contribution is 2.28. The first-order valence-electron chi connectivity index (χ1n) is 9.59. The Bertz CT molecular complexity index is 1050. The van der Waals surface area contributed by atoms with Crippen LogP contribution in [0.15, 0.2) is 60.2 Å². The lowest BCUT2D eigenvalue weighted by Crippen LogP contribution is -2.32. The number of rotatable bonds is 6. The Hall–Kier alpha value is -3.32. The molecule has 2 aromatic carbocycles. The summed E-state index contributed by atoms with van der Waals surface area (Å²) in [6.45, 7) is 6.71. The van der Waals surface area contributed by atoms with Crippen LogP contribution in [0.25, 0.3) is 17.0 Å². The Kier molecular flexibility index (Phi) is 5.96. The molecule has 4 heteroatoms. The predicted octanol–water partition coefficient (Wildman–Crippen LogP) is 4.82. The van der Waals surface area contributed by atoms with Gasteiger partial charge < -0.3 is 9.88 Å². The third-order valence-corrected chi connectivity index (χ3v) is 5.11.